The van der Waals surface area contributed by atoms with Crippen molar-refractivity contribution in [3.8, 4) is 22.6 Å². The number of carboxylic acids is 2. The molecule has 1 fully saturated rings. The predicted octanol–water partition coefficient (Wildman–Crippen LogP) is 3.23. The van der Waals surface area contributed by atoms with Gasteiger partial charge < -0.3 is 44.0 Å². The summed E-state index contributed by atoms with van der Waals surface area (Å²) in [5, 5.41) is 21.7. The molecule has 288 valence electrons. The molecule has 1 saturated heterocycles. The van der Waals surface area contributed by atoms with E-state index < -0.39 is 40.0 Å². The Bertz CT molecular complexity index is 1760. The number of aromatic carboxylic acids is 1. The fourth-order valence-electron chi connectivity index (χ4n) is 5.81. The van der Waals surface area contributed by atoms with Gasteiger partial charge in [-0.25, -0.2) is 18.0 Å². The Morgan fingerprint density at radius 2 is 1.40 bits per heavy atom. The molecule has 0 spiro atoms. The Hall–Kier alpha value is -4.58. The van der Waals surface area contributed by atoms with Crippen LogP contribution in [0.3, 0.4) is 0 Å². The van der Waals surface area contributed by atoms with Gasteiger partial charge in [0.2, 0.25) is 15.9 Å². The topological polar surface area (TPSA) is 196 Å². The van der Waals surface area contributed by atoms with E-state index in [9.17, 15) is 27.9 Å². The normalized spacial score (nSPS) is 15.2. The van der Waals surface area contributed by atoms with Crippen LogP contribution < -0.4 is 14.8 Å². The van der Waals surface area contributed by atoms with Crippen LogP contribution in [0.25, 0.3) is 11.1 Å². The summed E-state index contributed by atoms with van der Waals surface area (Å²) in [4.78, 5) is 36.6. The van der Waals surface area contributed by atoms with Crippen molar-refractivity contribution in [3.63, 3.8) is 0 Å². The fraction of sp³-hybridized carbons (Fsp3) is 0.432. The Kier molecular flexibility index (Phi) is 15.6. The molecule has 0 aliphatic carbocycles. The Morgan fingerprint density at radius 3 is 1.94 bits per heavy atom. The number of carboxylic acid groups (broad SMARTS) is 2. The minimum absolute atomic E-state index is 0.0582. The first-order valence-electron chi connectivity index (χ1n) is 16.9. The van der Waals surface area contributed by atoms with Gasteiger partial charge in [0, 0.05) is 20.1 Å². The molecule has 3 aromatic carbocycles. The molecule has 1 aliphatic heterocycles. The molecule has 16 heteroatoms. The molecule has 2 atom stereocenters. The monoisotopic (exact) mass is 758 g/mol. The van der Waals surface area contributed by atoms with Crippen LogP contribution in [-0.2, 0) is 51.6 Å². The highest BCUT2D eigenvalue weighted by Gasteiger charge is 2.40. The predicted molar refractivity (Wildman–Crippen MR) is 192 cm³/mol. The van der Waals surface area contributed by atoms with Crippen LogP contribution in [0.4, 0.5) is 0 Å². The lowest BCUT2D eigenvalue weighted by molar-refractivity contribution is -0.142. The largest absolute Gasteiger partial charge is 0.496 e. The third kappa shape index (κ3) is 11.2. The number of sulfonamides is 1. The molecule has 1 amide bonds. The molecule has 15 nitrogen and oxygen atoms in total. The lowest BCUT2D eigenvalue weighted by Gasteiger charge is -2.25. The van der Waals surface area contributed by atoms with Crippen molar-refractivity contribution in [2.75, 3.05) is 67.5 Å². The summed E-state index contributed by atoms with van der Waals surface area (Å²) in [6, 6.07) is 13.0. The van der Waals surface area contributed by atoms with Gasteiger partial charge in [-0.3, -0.25) is 4.79 Å². The summed E-state index contributed by atoms with van der Waals surface area (Å²) in [7, 11) is 0.554. The summed E-state index contributed by atoms with van der Waals surface area (Å²) in [6.07, 6.45) is 0.535. The molecule has 0 saturated carbocycles. The van der Waals surface area contributed by atoms with Gasteiger partial charge >= 0.3 is 11.9 Å². The number of amides is 1. The van der Waals surface area contributed by atoms with Crippen molar-refractivity contribution in [1.82, 2.24) is 9.62 Å². The van der Waals surface area contributed by atoms with Crippen LogP contribution in [0.1, 0.15) is 34.3 Å². The molecule has 3 aromatic rings. The summed E-state index contributed by atoms with van der Waals surface area (Å²) in [5.41, 5.74) is 2.79. The van der Waals surface area contributed by atoms with Gasteiger partial charge in [-0.1, -0.05) is 24.3 Å². The summed E-state index contributed by atoms with van der Waals surface area (Å²) in [5.74, 6) is -2.12. The van der Waals surface area contributed by atoms with Gasteiger partial charge in [0.1, 0.15) is 23.6 Å². The molecular formula is C37H46N2O13S. The van der Waals surface area contributed by atoms with Crippen molar-refractivity contribution < 1.29 is 61.4 Å². The molecule has 0 bridgehead atoms. The number of benzene rings is 3. The number of rotatable bonds is 22. The van der Waals surface area contributed by atoms with Crippen molar-refractivity contribution in [1.29, 1.82) is 0 Å². The minimum atomic E-state index is -4.16. The summed E-state index contributed by atoms with van der Waals surface area (Å²) < 4.78 is 60.7. The van der Waals surface area contributed by atoms with Crippen LogP contribution in [0.2, 0.25) is 0 Å². The number of methoxy groups -OCH3 is 3. The minimum Gasteiger partial charge on any atom is -0.496 e. The average molecular weight is 759 g/mol. The van der Waals surface area contributed by atoms with Crippen molar-refractivity contribution in [2.45, 2.75) is 42.8 Å². The maximum Gasteiger partial charge on any atom is 0.335 e. The molecule has 53 heavy (non-hydrogen) atoms. The fourth-order valence-corrected chi connectivity index (χ4v) is 7.47. The van der Waals surface area contributed by atoms with E-state index in [1.54, 1.807) is 45.6 Å². The molecule has 1 aliphatic rings. The summed E-state index contributed by atoms with van der Waals surface area (Å²) in [6.45, 7) is 3.12. The van der Waals surface area contributed by atoms with E-state index in [1.165, 1.54) is 24.3 Å². The standard InChI is InChI=1S/C37H46N2O13S/c1-47-15-16-50-17-18-51-19-20-52-24-26-22-32(48-2)34(33(23-26)49-3)27-8-6-25(7-9-27)21-30(37(43)44)38-35(40)31-5-4-14-39(31)53(45,46)29-12-10-28(11-13-29)36(41)42/h6-13,22-23,30-31H,4-5,14-21,24H2,1-3H3,(H,38,40)(H,41,42)(H,43,44)/t30-,31-/m0/s1. The molecular weight excluding hydrogens is 712 g/mol. The van der Waals surface area contributed by atoms with E-state index in [0.717, 1.165) is 15.4 Å². The Balaban J connectivity index is 1.38. The van der Waals surface area contributed by atoms with Crippen molar-refractivity contribution in [3.05, 3.63) is 77.4 Å². The average Bonchev–Trinajstić information content (AvgIpc) is 3.67. The Labute approximate surface area is 308 Å². The first-order valence-corrected chi connectivity index (χ1v) is 18.4. The summed E-state index contributed by atoms with van der Waals surface area (Å²) >= 11 is 0. The highest BCUT2D eigenvalue weighted by molar-refractivity contribution is 7.89. The number of nitrogens with zero attached hydrogens (tertiary/aromatic N) is 1. The van der Waals surface area contributed by atoms with E-state index in [-0.39, 0.29) is 29.8 Å². The van der Waals surface area contributed by atoms with Crippen molar-refractivity contribution >= 4 is 27.9 Å². The molecule has 0 radical (unpaired) electrons. The third-order valence-corrected chi connectivity index (χ3v) is 10.4. The van der Waals surface area contributed by atoms with E-state index in [2.05, 4.69) is 5.32 Å². The lowest BCUT2D eigenvalue weighted by Crippen LogP contribution is -2.51. The molecule has 1 heterocycles. The number of nitrogens with one attached hydrogen (secondary N) is 1. The second-order valence-electron chi connectivity index (χ2n) is 12.0. The molecule has 4 rings (SSSR count). The second-order valence-corrected chi connectivity index (χ2v) is 13.9. The zero-order chi connectivity index (χ0) is 38.4. The highest BCUT2D eigenvalue weighted by Crippen LogP contribution is 2.40. The first kappa shape index (κ1) is 41.2. The molecule has 0 unspecified atom stereocenters. The maximum atomic E-state index is 13.4. The van der Waals surface area contributed by atoms with Crippen LogP contribution in [-0.4, -0.2) is 120 Å². The van der Waals surface area contributed by atoms with Crippen molar-refractivity contribution in [2.24, 2.45) is 0 Å². The number of hydrogen-bond acceptors (Lipinski definition) is 11. The third-order valence-electron chi connectivity index (χ3n) is 8.52. The number of ether oxygens (including phenoxy) is 6. The van der Waals surface area contributed by atoms with Gasteiger partial charge in [0.05, 0.1) is 76.5 Å². The first-order chi connectivity index (χ1) is 25.5. The maximum absolute atomic E-state index is 13.4. The van der Waals surface area contributed by atoms with E-state index in [4.69, 9.17) is 33.5 Å². The highest BCUT2D eigenvalue weighted by atomic mass is 32.2. The van der Waals surface area contributed by atoms with E-state index in [1.807, 2.05) is 12.1 Å². The van der Waals surface area contributed by atoms with Gasteiger partial charge in [-0.15, -0.1) is 0 Å². The number of hydrogen-bond donors (Lipinski definition) is 3. The van der Waals surface area contributed by atoms with Gasteiger partial charge in [0.25, 0.3) is 0 Å². The van der Waals surface area contributed by atoms with Crippen LogP contribution in [0.15, 0.2) is 65.6 Å². The quantitative estimate of drug-likeness (QED) is 0.127. The van der Waals surface area contributed by atoms with E-state index in [0.29, 0.717) is 75.3 Å². The number of aliphatic carboxylic acids is 1. The van der Waals surface area contributed by atoms with Gasteiger partial charge in [0.15, 0.2) is 0 Å². The number of carbonyl (C=O) groups excluding carboxylic acids is 1. The van der Waals surface area contributed by atoms with E-state index >= 15 is 0 Å². The smallest absolute Gasteiger partial charge is 0.335 e. The lowest BCUT2D eigenvalue weighted by atomic mass is 9.98. The zero-order valence-electron chi connectivity index (χ0n) is 29.9. The second kappa shape index (κ2) is 20.0. The molecule has 3 N–H and O–H groups in total. The molecule has 0 aromatic heterocycles. The number of carbonyl (C=O) groups is 3. The SMILES string of the molecule is COCCOCCOCCOCc1cc(OC)c(-c2ccc(C[C@H](NC(=O)[C@@H]3CCCN3S(=O)(=O)c3ccc(C(=O)O)cc3)C(=O)O)cc2)c(OC)c1. The zero-order valence-corrected chi connectivity index (χ0v) is 30.8. The van der Waals surface area contributed by atoms with Crippen LogP contribution >= 0.6 is 0 Å². The van der Waals surface area contributed by atoms with Crippen LogP contribution in [0, 0.1) is 0 Å². The Morgan fingerprint density at radius 1 is 0.811 bits per heavy atom. The van der Waals surface area contributed by atoms with Gasteiger partial charge in [-0.05, 0) is 65.9 Å². The van der Waals surface area contributed by atoms with Gasteiger partial charge in [-0.2, -0.15) is 4.31 Å². The van der Waals surface area contributed by atoms with Crippen LogP contribution in [0.5, 0.6) is 11.5 Å².